The molecule has 0 unspecified atom stereocenters. The molecule has 1 aliphatic heterocycles. The fourth-order valence-electron chi connectivity index (χ4n) is 2.97. The van der Waals surface area contributed by atoms with Gasteiger partial charge in [-0.2, -0.15) is 0 Å². The molecule has 2 rings (SSSR count). The molecular weight excluding hydrogens is 170 g/mol. The second-order valence-electron chi connectivity index (χ2n) is 4.64. The first-order valence-electron chi connectivity index (χ1n) is 6.57. The Morgan fingerprint density at radius 1 is 0.929 bits per heavy atom. The van der Waals surface area contributed by atoms with Crippen LogP contribution in [0, 0.1) is 5.41 Å². The van der Waals surface area contributed by atoms with Gasteiger partial charge >= 0.3 is 0 Å². The standard InChI is InChI=1S/C11H21N.C2H6/c1-2-12-9-7-11(8-10-12)5-3-4-6-11;1-2/h2-10H2,1H3;1-2H3. The van der Waals surface area contributed by atoms with Crippen molar-refractivity contribution in [3.8, 4) is 0 Å². The van der Waals surface area contributed by atoms with Crippen molar-refractivity contribution in [3.05, 3.63) is 0 Å². The molecule has 2 aliphatic rings. The summed E-state index contributed by atoms with van der Waals surface area (Å²) in [5, 5.41) is 0. The van der Waals surface area contributed by atoms with Crippen molar-refractivity contribution in [1.82, 2.24) is 4.90 Å². The van der Waals surface area contributed by atoms with E-state index in [1.54, 1.807) is 0 Å². The van der Waals surface area contributed by atoms with Crippen LogP contribution in [0.2, 0.25) is 0 Å². The number of rotatable bonds is 1. The minimum atomic E-state index is 0.811. The van der Waals surface area contributed by atoms with Gasteiger partial charge in [0.2, 0.25) is 0 Å². The topological polar surface area (TPSA) is 3.24 Å². The second-order valence-corrected chi connectivity index (χ2v) is 4.64. The Kier molecular flexibility index (Phi) is 4.94. The third kappa shape index (κ3) is 2.73. The number of hydrogen-bond acceptors (Lipinski definition) is 1. The molecule has 2 fully saturated rings. The first-order chi connectivity index (χ1) is 6.85. The first-order valence-corrected chi connectivity index (χ1v) is 6.57. The maximum absolute atomic E-state index is 2.60. The van der Waals surface area contributed by atoms with E-state index in [0.29, 0.717) is 0 Å². The van der Waals surface area contributed by atoms with Crippen molar-refractivity contribution in [3.63, 3.8) is 0 Å². The molecule has 84 valence electrons. The van der Waals surface area contributed by atoms with Gasteiger partial charge in [-0.25, -0.2) is 0 Å². The third-order valence-electron chi connectivity index (χ3n) is 4.03. The van der Waals surface area contributed by atoms with Gasteiger partial charge in [-0.1, -0.05) is 33.6 Å². The molecule has 1 saturated carbocycles. The molecule has 0 bridgehead atoms. The summed E-state index contributed by atoms with van der Waals surface area (Å²) in [5.74, 6) is 0. The molecule has 0 amide bonds. The Morgan fingerprint density at radius 3 is 1.86 bits per heavy atom. The number of hydrogen-bond donors (Lipinski definition) is 0. The summed E-state index contributed by atoms with van der Waals surface area (Å²) in [6.07, 6.45) is 9.05. The van der Waals surface area contributed by atoms with Crippen molar-refractivity contribution in [2.75, 3.05) is 19.6 Å². The van der Waals surface area contributed by atoms with Crippen LogP contribution in [0.4, 0.5) is 0 Å². The summed E-state index contributed by atoms with van der Waals surface area (Å²) in [5.41, 5.74) is 0.811. The fraction of sp³-hybridized carbons (Fsp3) is 1.00. The molecule has 1 heterocycles. The summed E-state index contributed by atoms with van der Waals surface area (Å²) < 4.78 is 0. The van der Waals surface area contributed by atoms with Crippen LogP contribution < -0.4 is 0 Å². The molecule has 1 heteroatoms. The SMILES string of the molecule is CC.CCN1CCC2(CCCC2)CC1. The van der Waals surface area contributed by atoms with Gasteiger partial charge in [0.25, 0.3) is 0 Å². The molecule has 0 N–H and O–H groups in total. The van der Waals surface area contributed by atoms with Crippen molar-refractivity contribution in [2.24, 2.45) is 5.41 Å². The molecular formula is C13H27N. The number of nitrogens with zero attached hydrogens (tertiary/aromatic N) is 1. The van der Waals surface area contributed by atoms with Gasteiger partial charge in [-0.3, -0.25) is 0 Å². The zero-order valence-electron chi connectivity index (χ0n) is 10.3. The van der Waals surface area contributed by atoms with Crippen molar-refractivity contribution in [2.45, 2.75) is 59.3 Å². The van der Waals surface area contributed by atoms with Crippen LogP contribution in [0.3, 0.4) is 0 Å². The molecule has 0 aromatic heterocycles. The third-order valence-corrected chi connectivity index (χ3v) is 4.03. The summed E-state index contributed by atoms with van der Waals surface area (Å²) in [6, 6.07) is 0. The molecule has 0 radical (unpaired) electrons. The van der Waals surface area contributed by atoms with Crippen LogP contribution >= 0.6 is 0 Å². The Labute approximate surface area is 89.9 Å². The van der Waals surface area contributed by atoms with Crippen LogP contribution in [0.25, 0.3) is 0 Å². The summed E-state index contributed by atoms with van der Waals surface area (Å²) in [7, 11) is 0. The zero-order valence-corrected chi connectivity index (χ0v) is 10.3. The van der Waals surface area contributed by atoms with E-state index in [0.717, 1.165) is 5.41 Å². The maximum Gasteiger partial charge on any atom is -0.00135 e. The first kappa shape index (κ1) is 12.0. The van der Waals surface area contributed by atoms with E-state index in [1.807, 2.05) is 13.8 Å². The van der Waals surface area contributed by atoms with Crippen molar-refractivity contribution >= 4 is 0 Å². The van der Waals surface area contributed by atoms with E-state index in [2.05, 4.69) is 11.8 Å². The Bertz CT molecular complexity index is 137. The smallest absolute Gasteiger partial charge is 0.00135 e. The van der Waals surface area contributed by atoms with Gasteiger partial charge in [0, 0.05) is 0 Å². The molecule has 1 saturated heterocycles. The predicted molar refractivity (Wildman–Crippen MR) is 63.6 cm³/mol. The lowest BCUT2D eigenvalue weighted by Crippen LogP contribution is -2.38. The summed E-state index contributed by atoms with van der Waals surface area (Å²) >= 11 is 0. The van der Waals surface area contributed by atoms with Crippen molar-refractivity contribution < 1.29 is 0 Å². The van der Waals surface area contributed by atoms with Gasteiger partial charge in [-0.05, 0) is 50.7 Å². The monoisotopic (exact) mass is 197 g/mol. The summed E-state index contributed by atoms with van der Waals surface area (Å²) in [4.78, 5) is 2.60. The molecule has 14 heavy (non-hydrogen) atoms. The van der Waals surface area contributed by atoms with Gasteiger partial charge in [0.1, 0.15) is 0 Å². The van der Waals surface area contributed by atoms with Gasteiger partial charge in [-0.15, -0.1) is 0 Å². The highest BCUT2D eigenvalue weighted by molar-refractivity contribution is 4.89. The molecule has 0 atom stereocenters. The van der Waals surface area contributed by atoms with Crippen LogP contribution in [0.1, 0.15) is 59.3 Å². The largest absolute Gasteiger partial charge is 0.304 e. The van der Waals surface area contributed by atoms with Gasteiger partial charge in [0.15, 0.2) is 0 Å². The highest BCUT2D eigenvalue weighted by Crippen LogP contribution is 2.45. The van der Waals surface area contributed by atoms with E-state index in [9.17, 15) is 0 Å². The van der Waals surface area contributed by atoms with Crippen LogP contribution in [-0.2, 0) is 0 Å². The quantitative estimate of drug-likeness (QED) is 0.619. The highest BCUT2D eigenvalue weighted by Gasteiger charge is 2.36. The normalized spacial score (nSPS) is 25.9. The lowest BCUT2D eigenvalue weighted by Gasteiger charge is -2.38. The number of piperidine rings is 1. The number of likely N-dealkylation sites (tertiary alicyclic amines) is 1. The molecule has 1 aliphatic carbocycles. The molecule has 0 aromatic carbocycles. The van der Waals surface area contributed by atoms with E-state index in [4.69, 9.17) is 0 Å². The van der Waals surface area contributed by atoms with Gasteiger partial charge < -0.3 is 4.90 Å². The molecule has 0 aromatic rings. The van der Waals surface area contributed by atoms with Crippen LogP contribution in [0.15, 0.2) is 0 Å². The minimum absolute atomic E-state index is 0.811. The minimum Gasteiger partial charge on any atom is -0.304 e. The maximum atomic E-state index is 2.60. The van der Waals surface area contributed by atoms with Crippen LogP contribution in [0.5, 0.6) is 0 Å². The highest BCUT2D eigenvalue weighted by atomic mass is 15.1. The molecule has 1 spiro atoms. The Hall–Kier alpha value is -0.0400. The fourth-order valence-corrected chi connectivity index (χ4v) is 2.97. The zero-order chi connectivity index (χ0) is 10.4. The van der Waals surface area contributed by atoms with E-state index >= 15 is 0 Å². The lowest BCUT2D eigenvalue weighted by molar-refractivity contribution is 0.113. The van der Waals surface area contributed by atoms with E-state index < -0.39 is 0 Å². The van der Waals surface area contributed by atoms with Gasteiger partial charge in [0.05, 0.1) is 0 Å². The van der Waals surface area contributed by atoms with E-state index in [1.165, 1.54) is 58.2 Å². The second kappa shape index (κ2) is 5.75. The van der Waals surface area contributed by atoms with Crippen molar-refractivity contribution in [1.29, 1.82) is 0 Å². The summed E-state index contributed by atoms with van der Waals surface area (Å²) in [6.45, 7) is 10.3. The predicted octanol–water partition coefficient (Wildman–Crippen LogP) is 3.69. The average molecular weight is 197 g/mol. The average Bonchev–Trinajstić information content (AvgIpc) is 2.71. The lowest BCUT2D eigenvalue weighted by atomic mass is 9.77. The van der Waals surface area contributed by atoms with E-state index in [-0.39, 0.29) is 0 Å². The Balaban J connectivity index is 0.000000461. The van der Waals surface area contributed by atoms with Crippen LogP contribution in [-0.4, -0.2) is 24.5 Å². The molecule has 1 nitrogen and oxygen atoms in total. The Morgan fingerprint density at radius 2 is 1.43 bits per heavy atom.